The van der Waals surface area contributed by atoms with E-state index in [1.165, 1.54) is 0 Å². The number of piperidine rings is 1. The number of carbonyl (C=O) groups is 2. The van der Waals surface area contributed by atoms with Gasteiger partial charge in [-0.15, -0.1) is 0 Å². The Balaban J connectivity index is 1.84. The van der Waals surface area contributed by atoms with Crippen molar-refractivity contribution in [2.24, 2.45) is 5.92 Å². The highest BCUT2D eigenvalue weighted by Gasteiger charge is 2.29. The Hall–Kier alpha value is -2.24. The molecule has 1 aliphatic rings. The van der Waals surface area contributed by atoms with E-state index >= 15 is 0 Å². The number of likely N-dealkylation sites (tertiary alicyclic amines) is 1. The van der Waals surface area contributed by atoms with Gasteiger partial charge in [-0.3, -0.25) is 4.79 Å². The monoisotopic (exact) mass is 375 g/mol. The molecule has 0 saturated carbocycles. The number of carbonyl (C=O) groups excluding carboxylic acids is 2. The Morgan fingerprint density at radius 3 is 2.41 bits per heavy atom. The fourth-order valence-electron chi connectivity index (χ4n) is 3.42. The summed E-state index contributed by atoms with van der Waals surface area (Å²) in [6, 6.07) is 7.68. The van der Waals surface area contributed by atoms with Gasteiger partial charge in [-0.25, -0.2) is 4.79 Å². The summed E-state index contributed by atoms with van der Waals surface area (Å²) in [5.74, 6) is 1.06. The average Bonchev–Trinajstić information content (AvgIpc) is 2.67. The van der Waals surface area contributed by atoms with E-state index in [4.69, 9.17) is 4.74 Å². The number of amides is 3. The number of benzene rings is 1. The molecule has 1 heterocycles. The first-order chi connectivity index (χ1) is 13.0. The van der Waals surface area contributed by atoms with Gasteiger partial charge in [0.05, 0.1) is 6.10 Å². The summed E-state index contributed by atoms with van der Waals surface area (Å²) < 4.78 is 5.80. The van der Waals surface area contributed by atoms with Gasteiger partial charge in [-0.1, -0.05) is 18.2 Å². The van der Waals surface area contributed by atoms with Gasteiger partial charge in [0.25, 0.3) is 0 Å². The van der Waals surface area contributed by atoms with Crippen LogP contribution in [0, 0.1) is 5.92 Å². The van der Waals surface area contributed by atoms with Crippen molar-refractivity contribution in [2.45, 2.75) is 53.2 Å². The van der Waals surface area contributed by atoms with Gasteiger partial charge in [-0.05, 0) is 46.6 Å². The molecular formula is C21H33N3O3. The smallest absolute Gasteiger partial charge is 0.317 e. The quantitative estimate of drug-likeness (QED) is 0.796. The summed E-state index contributed by atoms with van der Waals surface area (Å²) in [5, 5.41) is 2.98. The molecule has 0 spiro atoms. The minimum atomic E-state index is -0.0805. The van der Waals surface area contributed by atoms with Gasteiger partial charge < -0.3 is 19.9 Å². The number of hydrogen-bond donors (Lipinski definition) is 1. The molecule has 1 aromatic rings. The number of rotatable bonds is 7. The summed E-state index contributed by atoms with van der Waals surface area (Å²) >= 11 is 0. The Morgan fingerprint density at radius 2 is 1.81 bits per heavy atom. The van der Waals surface area contributed by atoms with E-state index in [0.717, 1.165) is 37.2 Å². The number of nitrogens with zero attached hydrogens (tertiary/aromatic N) is 2. The highest BCUT2D eigenvalue weighted by Crippen LogP contribution is 2.21. The first kappa shape index (κ1) is 21.1. The topological polar surface area (TPSA) is 61.9 Å². The fourth-order valence-corrected chi connectivity index (χ4v) is 3.42. The van der Waals surface area contributed by atoms with E-state index < -0.39 is 0 Å². The Labute approximate surface area is 162 Å². The van der Waals surface area contributed by atoms with Crippen LogP contribution in [-0.2, 0) is 11.3 Å². The van der Waals surface area contributed by atoms with E-state index in [1.807, 2.05) is 56.9 Å². The molecule has 6 heteroatoms. The van der Waals surface area contributed by atoms with Crippen molar-refractivity contribution in [3.8, 4) is 5.75 Å². The third kappa shape index (κ3) is 5.88. The summed E-state index contributed by atoms with van der Waals surface area (Å²) in [7, 11) is 0. The number of hydrogen-bond acceptors (Lipinski definition) is 3. The van der Waals surface area contributed by atoms with Crippen molar-refractivity contribution in [1.29, 1.82) is 0 Å². The standard InChI is InChI=1S/C21H33N3O3/c1-5-23(6-2)20(25)17-11-13-24(14-12-17)21(26)22-15-18-9-7-8-10-19(18)27-16(3)4/h7-10,16-17H,5-6,11-15H2,1-4H3,(H,22,26). The maximum atomic E-state index is 12.5. The Kier molecular flexibility index (Phi) is 7.95. The molecule has 1 saturated heterocycles. The second-order valence-electron chi connectivity index (χ2n) is 7.20. The van der Waals surface area contributed by atoms with E-state index in [1.54, 1.807) is 4.90 Å². The van der Waals surface area contributed by atoms with Crippen LogP contribution in [0.3, 0.4) is 0 Å². The molecule has 0 aliphatic carbocycles. The third-order valence-corrected chi connectivity index (χ3v) is 4.97. The maximum absolute atomic E-state index is 12.5. The molecule has 1 N–H and O–H groups in total. The minimum absolute atomic E-state index is 0.0362. The van der Waals surface area contributed by atoms with Crippen molar-refractivity contribution in [1.82, 2.24) is 15.1 Å². The van der Waals surface area contributed by atoms with Crippen LogP contribution >= 0.6 is 0 Å². The molecule has 3 amide bonds. The van der Waals surface area contributed by atoms with Crippen molar-refractivity contribution >= 4 is 11.9 Å². The lowest BCUT2D eigenvalue weighted by molar-refractivity contribution is -0.136. The van der Waals surface area contributed by atoms with Crippen molar-refractivity contribution in [3.05, 3.63) is 29.8 Å². The lowest BCUT2D eigenvalue weighted by Gasteiger charge is -2.33. The highest BCUT2D eigenvalue weighted by molar-refractivity contribution is 5.79. The molecule has 1 fully saturated rings. The zero-order chi connectivity index (χ0) is 19.8. The van der Waals surface area contributed by atoms with Crippen LogP contribution in [0.1, 0.15) is 46.1 Å². The second-order valence-corrected chi connectivity index (χ2v) is 7.20. The van der Waals surface area contributed by atoms with Crippen molar-refractivity contribution in [2.75, 3.05) is 26.2 Å². The summed E-state index contributed by atoms with van der Waals surface area (Å²) in [6.45, 7) is 11.1. The number of urea groups is 1. The molecule has 0 unspecified atom stereocenters. The fraction of sp³-hybridized carbons (Fsp3) is 0.619. The van der Waals surface area contributed by atoms with Gasteiger partial charge >= 0.3 is 6.03 Å². The molecule has 150 valence electrons. The molecule has 1 aliphatic heterocycles. The number of ether oxygens (including phenoxy) is 1. The maximum Gasteiger partial charge on any atom is 0.317 e. The largest absolute Gasteiger partial charge is 0.491 e. The summed E-state index contributed by atoms with van der Waals surface area (Å²) in [5.41, 5.74) is 0.964. The predicted octanol–water partition coefficient (Wildman–Crippen LogP) is 3.26. The van der Waals surface area contributed by atoms with E-state index in [2.05, 4.69) is 5.32 Å². The first-order valence-corrected chi connectivity index (χ1v) is 10.0. The molecule has 6 nitrogen and oxygen atoms in total. The zero-order valence-electron chi connectivity index (χ0n) is 17.0. The summed E-state index contributed by atoms with van der Waals surface area (Å²) in [4.78, 5) is 28.7. The molecule has 1 aromatic carbocycles. The second kappa shape index (κ2) is 10.2. The molecule has 0 radical (unpaired) electrons. The molecule has 0 bridgehead atoms. The van der Waals surface area contributed by atoms with Gasteiger partial charge in [0.15, 0.2) is 0 Å². The average molecular weight is 376 g/mol. The van der Waals surface area contributed by atoms with E-state index in [-0.39, 0.29) is 24.0 Å². The molecule has 2 rings (SSSR count). The number of nitrogens with one attached hydrogen (secondary N) is 1. The Bertz CT molecular complexity index is 621. The molecule has 0 aromatic heterocycles. The lowest BCUT2D eigenvalue weighted by Crippen LogP contribution is -2.47. The lowest BCUT2D eigenvalue weighted by atomic mass is 9.95. The van der Waals surface area contributed by atoms with Crippen LogP contribution in [-0.4, -0.2) is 54.0 Å². The van der Waals surface area contributed by atoms with E-state index in [9.17, 15) is 9.59 Å². The summed E-state index contributed by atoms with van der Waals surface area (Å²) in [6.07, 6.45) is 1.55. The van der Waals surface area contributed by atoms with Crippen LogP contribution in [0.4, 0.5) is 4.79 Å². The van der Waals surface area contributed by atoms with E-state index in [0.29, 0.717) is 19.6 Å². The molecule has 27 heavy (non-hydrogen) atoms. The molecule has 0 atom stereocenters. The third-order valence-electron chi connectivity index (χ3n) is 4.97. The van der Waals surface area contributed by atoms with Crippen LogP contribution in [0.2, 0.25) is 0 Å². The van der Waals surface area contributed by atoms with Crippen molar-refractivity contribution < 1.29 is 14.3 Å². The van der Waals surface area contributed by atoms with Crippen LogP contribution in [0.15, 0.2) is 24.3 Å². The van der Waals surface area contributed by atoms with Crippen LogP contribution < -0.4 is 10.1 Å². The number of para-hydroxylation sites is 1. The predicted molar refractivity (Wildman–Crippen MR) is 107 cm³/mol. The first-order valence-electron chi connectivity index (χ1n) is 10.0. The normalized spacial score (nSPS) is 14.9. The molecular weight excluding hydrogens is 342 g/mol. The Morgan fingerprint density at radius 1 is 1.19 bits per heavy atom. The zero-order valence-corrected chi connectivity index (χ0v) is 17.0. The van der Waals surface area contributed by atoms with Gasteiger partial charge in [0, 0.05) is 44.2 Å². The van der Waals surface area contributed by atoms with Crippen molar-refractivity contribution in [3.63, 3.8) is 0 Å². The SMILES string of the molecule is CCN(CC)C(=O)C1CCN(C(=O)NCc2ccccc2OC(C)C)CC1. The van der Waals surface area contributed by atoms with Crippen LogP contribution in [0.25, 0.3) is 0 Å². The van der Waals surface area contributed by atoms with Crippen LogP contribution in [0.5, 0.6) is 5.75 Å². The highest BCUT2D eigenvalue weighted by atomic mass is 16.5. The minimum Gasteiger partial charge on any atom is -0.491 e. The van der Waals surface area contributed by atoms with Gasteiger partial charge in [0.2, 0.25) is 5.91 Å². The van der Waals surface area contributed by atoms with Gasteiger partial charge in [-0.2, -0.15) is 0 Å². The van der Waals surface area contributed by atoms with Gasteiger partial charge in [0.1, 0.15) is 5.75 Å².